The minimum absolute atomic E-state index is 0.201. The Kier molecular flexibility index (Phi) is 5.96. The van der Waals surface area contributed by atoms with E-state index in [1.807, 2.05) is 43.3 Å². The summed E-state index contributed by atoms with van der Waals surface area (Å²) < 4.78 is 12.3. The molecule has 1 N–H and O–H groups in total. The van der Waals surface area contributed by atoms with Crippen LogP contribution in [0.1, 0.15) is 18.1 Å². The summed E-state index contributed by atoms with van der Waals surface area (Å²) in [6, 6.07) is 19.7. The van der Waals surface area contributed by atoms with E-state index in [9.17, 15) is 4.79 Å². The van der Waals surface area contributed by atoms with Gasteiger partial charge in [-0.3, -0.25) is 4.79 Å². The van der Waals surface area contributed by atoms with Gasteiger partial charge in [-0.15, -0.1) is 0 Å². The first-order chi connectivity index (χ1) is 14.9. The van der Waals surface area contributed by atoms with E-state index in [1.165, 1.54) is 5.56 Å². The highest BCUT2D eigenvalue weighted by molar-refractivity contribution is 9.10. The molecule has 0 saturated carbocycles. The highest BCUT2D eigenvalue weighted by Crippen LogP contribution is 2.37. The summed E-state index contributed by atoms with van der Waals surface area (Å²) in [6.45, 7) is 3.96. The number of benzene rings is 3. The van der Waals surface area contributed by atoms with E-state index in [-0.39, 0.29) is 5.91 Å². The maximum absolute atomic E-state index is 12.6. The van der Waals surface area contributed by atoms with Crippen LogP contribution in [-0.4, -0.2) is 13.0 Å². The average Bonchev–Trinajstić information content (AvgIpc) is 3.17. The van der Waals surface area contributed by atoms with Crippen LogP contribution in [0, 0.1) is 6.92 Å². The van der Waals surface area contributed by atoms with E-state index in [1.54, 1.807) is 19.4 Å². The van der Waals surface area contributed by atoms with Gasteiger partial charge in [0.1, 0.15) is 11.3 Å². The number of carbonyl (C=O) groups is 1. The number of hydrogen-bond acceptors (Lipinski definition) is 3. The third-order valence-corrected chi connectivity index (χ3v) is 5.67. The monoisotopic (exact) mass is 475 g/mol. The number of furan rings is 1. The van der Waals surface area contributed by atoms with Crippen LogP contribution in [0.25, 0.3) is 27.7 Å². The predicted molar refractivity (Wildman–Crippen MR) is 129 cm³/mol. The second-order valence-corrected chi connectivity index (χ2v) is 8.30. The number of carbonyl (C=O) groups excluding carboxylic acids is 1. The highest BCUT2D eigenvalue weighted by Gasteiger charge is 2.15. The van der Waals surface area contributed by atoms with Crippen molar-refractivity contribution in [3.05, 3.63) is 88.6 Å². The number of hydrogen-bond donors (Lipinski definition) is 1. The van der Waals surface area contributed by atoms with Gasteiger partial charge < -0.3 is 14.5 Å². The van der Waals surface area contributed by atoms with Gasteiger partial charge in [-0.2, -0.15) is 0 Å². The molecule has 4 nitrogen and oxygen atoms in total. The van der Waals surface area contributed by atoms with E-state index < -0.39 is 0 Å². The SMILES string of the molecule is COc1cc2occ(-c3ccc(C)cc3)c2cc1/C(C)=C/C(=O)Nc1ccc(Br)cc1. The Balaban J connectivity index is 1.70. The Morgan fingerprint density at radius 3 is 2.45 bits per heavy atom. The van der Waals surface area contributed by atoms with Gasteiger partial charge in [0.2, 0.25) is 5.91 Å². The molecule has 0 spiro atoms. The molecule has 0 aliphatic rings. The molecule has 31 heavy (non-hydrogen) atoms. The zero-order valence-electron chi connectivity index (χ0n) is 17.5. The van der Waals surface area contributed by atoms with Crippen molar-refractivity contribution < 1.29 is 13.9 Å². The van der Waals surface area contributed by atoms with Crippen molar-refractivity contribution in [2.75, 3.05) is 12.4 Å². The van der Waals surface area contributed by atoms with Crippen molar-refractivity contribution in [2.24, 2.45) is 0 Å². The van der Waals surface area contributed by atoms with E-state index in [4.69, 9.17) is 9.15 Å². The minimum atomic E-state index is -0.201. The topological polar surface area (TPSA) is 51.5 Å². The quantitative estimate of drug-likeness (QED) is 0.310. The number of halogens is 1. The molecule has 0 radical (unpaired) electrons. The summed E-state index contributed by atoms with van der Waals surface area (Å²) in [5, 5.41) is 3.86. The highest BCUT2D eigenvalue weighted by atomic mass is 79.9. The van der Waals surface area contributed by atoms with Crippen molar-refractivity contribution in [3.8, 4) is 16.9 Å². The first kappa shape index (κ1) is 20.9. The first-order valence-electron chi connectivity index (χ1n) is 9.86. The smallest absolute Gasteiger partial charge is 0.248 e. The molecule has 1 heterocycles. The lowest BCUT2D eigenvalue weighted by Crippen LogP contribution is -2.08. The molecule has 156 valence electrons. The fourth-order valence-electron chi connectivity index (χ4n) is 3.47. The predicted octanol–water partition coefficient (Wildman–Crippen LogP) is 7.22. The normalized spacial score (nSPS) is 11.5. The first-order valence-corrected chi connectivity index (χ1v) is 10.7. The largest absolute Gasteiger partial charge is 0.496 e. The lowest BCUT2D eigenvalue weighted by molar-refractivity contribution is -0.111. The van der Waals surface area contributed by atoms with Crippen molar-refractivity contribution in [1.82, 2.24) is 0 Å². The van der Waals surface area contributed by atoms with E-state index in [0.717, 1.165) is 43.4 Å². The van der Waals surface area contributed by atoms with Crippen LogP contribution in [0.2, 0.25) is 0 Å². The Hall–Kier alpha value is -3.31. The van der Waals surface area contributed by atoms with Crippen LogP contribution in [0.15, 0.2) is 81.9 Å². The summed E-state index contributed by atoms with van der Waals surface area (Å²) in [4.78, 5) is 12.6. The minimum Gasteiger partial charge on any atom is -0.496 e. The zero-order chi connectivity index (χ0) is 22.0. The molecule has 0 saturated heterocycles. The molecule has 4 aromatic rings. The van der Waals surface area contributed by atoms with Crippen molar-refractivity contribution in [1.29, 1.82) is 0 Å². The summed E-state index contributed by atoms with van der Waals surface area (Å²) in [5.74, 6) is 0.454. The average molecular weight is 476 g/mol. The van der Waals surface area contributed by atoms with Crippen LogP contribution in [0.3, 0.4) is 0 Å². The maximum Gasteiger partial charge on any atom is 0.248 e. The molecule has 3 aromatic carbocycles. The van der Waals surface area contributed by atoms with Crippen LogP contribution >= 0.6 is 15.9 Å². The fraction of sp³-hybridized carbons (Fsp3) is 0.115. The van der Waals surface area contributed by atoms with Gasteiger partial charge in [0.05, 0.1) is 13.4 Å². The summed E-state index contributed by atoms with van der Waals surface area (Å²) in [5.41, 5.74) is 6.40. The zero-order valence-corrected chi connectivity index (χ0v) is 19.1. The lowest BCUT2D eigenvalue weighted by Gasteiger charge is -2.10. The summed E-state index contributed by atoms with van der Waals surface area (Å²) in [6.07, 6.45) is 3.34. The lowest BCUT2D eigenvalue weighted by atomic mass is 9.99. The number of rotatable bonds is 5. The van der Waals surface area contributed by atoms with Crippen molar-refractivity contribution >= 4 is 44.1 Å². The maximum atomic E-state index is 12.6. The molecule has 4 rings (SSSR count). The van der Waals surface area contributed by atoms with Gasteiger partial charge in [0.25, 0.3) is 0 Å². The molecule has 1 aromatic heterocycles. The molecule has 5 heteroatoms. The van der Waals surface area contributed by atoms with Crippen LogP contribution < -0.4 is 10.1 Å². The van der Waals surface area contributed by atoms with Gasteiger partial charge in [-0.25, -0.2) is 0 Å². The number of anilines is 1. The molecule has 0 unspecified atom stereocenters. The third-order valence-electron chi connectivity index (χ3n) is 5.14. The number of methoxy groups -OCH3 is 1. The second kappa shape index (κ2) is 8.82. The number of fused-ring (bicyclic) bond motifs is 1. The molecule has 0 atom stereocenters. The van der Waals surface area contributed by atoms with Gasteiger partial charge in [-0.1, -0.05) is 45.8 Å². The number of nitrogens with one attached hydrogen (secondary N) is 1. The molecular weight excluding hydrogens is 454 g/mol. The summed E-state index contributed by atoms with van der Waals surface area (Å²) in [7, 11) is 1.61. The van der Waals surface area contributed by atoms with Gasteiger partial charge in [-0.05, 0) is 55.3 Å². The number of amides is 1. The van der Waals surface area contributed by atoms with Gasteiger partial charge in [0.15, 0.2) is 0 Å². The Bertz CT molecular complexity index is 1270. The molecule has 1 amide bonds. The molecule has 0 bridgehead atoms. The van der Waals surface area contributed by atoms with Gasteiger partial charge in [0, 0.05) is 38.8 Å². The Morgan fingerprint density at radius 2 is 1.77 bits per heavy atom. The van der Waals surface area contributed by atoms with Crippen LogP contribution in [0.5, 0.6) is 5.75 Å². The standard InChI is InChI=1S/C26H22BrNO3/c1-16-4-6-18(7-5-16)23-15-31-25-14-24(30-3)21(13-22(23)25)17(2)12-26(29)28-20-10-8-19(27)9-11-20/h4-15H,1-3H3,(H,28,29)/b17-12+. The molecular formula is C26H22BrNO3. The summed E-state index contributed by atoms with van der Waals surface area (Å²) >= 11 is 3.39. The third kappa shape index (κ3) is 4.57. The number of ether oxygens (including phenoxy) is 1. The molecule has 0 aliphatic heterocycles. The van der Waals surface area contributed by atoms with Crippen molar-refractivity contribution in [2.45, 2.75) is 13.8 Å². The molecule has 0 fully saturated rings. The van der Waals surface area contributed by atoms with E-state index in [2.05, 4.69) is 52.4 Å². The molecule has 0 aliphatic carbocycles. The second-order valence-electron chi connectivity index (χ2n) is 7.39. The van der Waals surface area contributed by atoms with Crippen LogP contribution in [-0.2, 0) is 4.79 Å². The number of aryl methyl sites for hydroxylation is 1. The van der Waals surface area contributed by atoms with Gasteiger partial charge >= 0.3 is 0 Å². The Morgan fingerprint density at radius 1 is 1.06 bits per heavy atom. The van der Waals surface area contributed by atoms with Crippen LogP contribution in [0.4, 0.5) is 5.69 Å². The van der Waals surface area contributed by atoms with E-state index in [0.29, 0.717) is 5.75 Å². The number of allylic oxidation sites excluding steroid dienone is 1. The van der Waals surface area contributed by atoms with Crippen molar-refractivity contribution in [3.63, 3.8) is 0 Å². The Labute approximate surface area is 189 Å². The fourth-order valence-corrected chi connectivity index (χ4v) is 3.74. The van der Waals surface area contributed by atoms with E-state index >= 15 is 0 Å².